The molecule has 5 nitrogen and oxygen atoms in total. The normalized spacial score (nSPS) is 14.8. The van der Waals surface area contributed by atoms with Crippen molar-refractivity contribution in [1.29, 1.82) is 0 Å². The highest BCUT2D eigenvalue weighted by Gasteiger charge is 2.30. The summed E-state index contributed by atoms with van der Waals surface area (Å²) in [4.78, 5) is 0.245. The van der Waals surface area contributed by atoms with Gasteiger partial charge in [-0.05, 0) is 36.1 Å². The van der Waals surface area contributed by atoms with Gasteiger partial charge < -0.3 is 11.1 Å². The minimum Gasteiger partial charge on any atom is -0.326 e. The van der Waals surface area contributed by atoms with Crippen molar-refractivity contribution in [3.8, 4) is 0 Å². The second-order valence-corrected chi connectivity index (χ2v) is 10.2. The Morgan fingerprint density at radius 2 is 1.28 bits per heavy atom. The average Bonchev–Trinajstić information content (AvgIpc) is 2.79. The van der Waals surface area contributed by atoms with Gasteiger partial charge in [0.25, 0.3) is 0 Å². The Kier molecular flexibility index (Phi) is 8.21. The summed E-state index contributed by atoms with van der Waals surface area (Å²) in [6.07, 6.45) is 0. The highest BCUT2D eigenvalue weighted by Crippen LogP contribution is 2.31. The summed E-state index contributed by atoms with van der Waals surface area (Å²) < 4.78 is 29.7. The summed E-state index contributed by atoms with van der Waals surface area (Å²) in [6, 6.07) is 25.6. The molecule has 0 bridgehead atoms. The molecule has 0 unspecified atom stereocenters. The molecule has 0 amide bonds. The van der Waals surface area contributed by atoms with E-state index in [1.807, 2.05) is 67.6 Å². The predicted octanol–water partition coefficient (Wildman–Crippen LogP) is 4.33. The molecule has 3 rings (SSSR count). The Morgan fingerprint density at radius 1 is 0.781 bits per heavy atom. The van der Waals surface area contributed by atoms with Crippen LogP contribution in [0, 0.1) is 12.8 Å². The Bertz CT molecular complexity index is 1070. The molecule has 4 N–H and O–H groups in total. The first-order chi connectivity index (χ1) is 15.3. The van der Waals surface area contributed by atoms with E-state index in [1.54, 1.807) is 24.3 Å². The number of hydrogen-bond donors (Lipinski definition) is 3. The third-order valence-electron chi connectivity index (χ3n) is 5.69. The summed E-state index contributed by atoms with van der Waals surface area (Å²) in [5.41, 5.74) is 9.19. The Hall–Kier alpha value is -2.51. The SMILES string of the molecule is Cc1ccc(S(=O)(=O)N[C@H](c2ccccc2)[C@H](NC[C@@H](N)C(C)C)c2ccccc2)cc1. The van der Waals surface area contributed by atoms with Crippen LogP contribution in [-0.2, 0) is 10.0 Å². The average molecular weight is 452 g/mol. The second kappa shape index (κ2) is 10.9. The monoisotopic (exact) mass is 451 g/mol. The number of aryl methyl sites for hydroxylation is 1. The van der Waals surface area contributed by atoms with E-state index in [0.29, 0.717) is 12.5 Å². The lowest BCUT2D eigenvalue weighted by Gasteiger charge is -2.31. The molecule has 0 radical (unpaired) electrons. The van der Waals surface area contributed by atoms with Gasteiger partial charge >= 0.3 is 0 Å². The molecule has 170 valence electrons. The third kappa shape index (κ3) is 6.26. The molecule has 6 heteroatoms. The molecule has 0 saturated carbocycles. The minimum absolute atomic E-state index is 0.0497. The van der Waals surface area contributed by atoms with E-state index in [1.165, 1.54) is 0 Å². The molecule has 3 aromatic rings. The first-order valence-corrected chi connectivity index (χ1v) is 12.4. The molecule has 0 spiro atoms. The van der Waals surface area contributed by atoms with E-state index in [-0.39, 0.29) is 17.0 Å². The van der Waals surface area contributed by atoms with Gasteiger partial charge in [0.05, 0.1) is 17.0 Å². The predicted molar refractivity (Wildman–Crippen MR) is 131 cm³/mol. The van der Waals surface area contributed by atoms with Gasteiger partial charge in [-0.3, -0.25) is 0 Å². The van der Waals surface area contributed by atoms with Gasteiger partial charge in [0, 0.05) is 12.6 Å². The van der Waals surface area contributed by atoms with Gasteiger partial charge in [-0.15, -0.1) is 0 Å². The van der Waals surface area contributed by atoms with Crippen LogP contribution in [0.2, 0.25) is 0 Å². The van der Waals surface area contributed by atoms with Crippen LogP contribution in [0.25, 0.3) is 0 Å². The van der Waals surface area contributed by atoms with Crippen LogP contribution in [0.1, 0.15) is 42.6 Å². The van der Waals surface area contributed by atoms with Crippen molar-refractivity contribution in [2.24, 2.45) is 11.7 Å². The zero-order valence-corrected chi connectivity index (χ0v) is 19.7. The van der Waals surface area contributed by atoms with Crippen molar-refractivity contribution in [1.82, 2.24) is 10.0 Å². The van der Waals surface area contributed by atoms with E-state index in [2.05, 4.69) is 23.9 Å². The highest BCUT2D eigenvalue weighted by atomic mass is 32.2. The summed E-state index contributed by atoms with van der Waals surface area (Å²) in [5.74, 6) is 0.304. The topological polar surface area (TPSA) is 84.2 Å². The van der Waals surface area contributed by atoms with E-state index in [0.717, 1.165) is 16.7 Å². The second-order valence-electron chi connectivity index (χ2n) is 8.53. The van der Waals surface area contributed by atoms with Crippen LogP contribution >= 0.6 is 0 Å². The van der Waals surface area contributed by atoms with Crippen LogP contribution in [-0.4, -0.2) is 21.0 Å². The molecule has 0 aliphatic rings. The highest BCUT2D eigenvalue weighted by molar-refractivity contribution is 7.89. The van der Waals surface area contributed by atoms with Crippen molar-refractivity contribution in [3.63, 3.8) is 0 Å². The smallest absolute Gasteiger partial charge is 0.241 e. The van der Waals surface area contributed by atoms with Gasteiger partial charge in [0.15, 0.2) is 0 Å². The summed E-state index contributed by atoms with van der Waals surface area (Å²) in [5, 5.41) is 3.55. The number of nitrogens with two attached hydrogens (primary N) is 1. The van der Waals surface area contributed by atoms with Crippen molar-refractivity contribution >= 4 is 10.0 Å². The molecule has 0 aromatic heterocycles. The molecule has 0 saturated heterocycles. The van der Waals surface area contributed by atoms with Crippen molar-refractivity contribution in [2.75, 3.05) is 6.54 Å². The maximum atomic E-state index is 13.3. The number of sulfonamides is 1. The molecule has 32 heavy (non-hydrogen) atoms. The van der Waals surface area contributed by atoms with Crippen LogP contribution in [0.4, 0.5) is 0 Å². The lowest BCUT2D eigenvalue weighted by molar-refractivity contribution is 0.378. The minimum atomic E-state index is -3.75. The molecule has 3 aromatic carbocycles. The largest absolute Gasteiger partial charge is 0.326 e. The number of benzene rings is 3. The molecular formula is C26H33N3O2S. The van der Waals surface area contributed by atoms with Gasteiger partial charge in [0.2, 0.25) is 10.0 Å². The number of nitrogens with one attached hydrogen (secondary N) is 2. The van der Waals surface area contributed by atoms with Gasteiger partial charge in [-0.2, -0.15) is 0 Å². The fourth-order valence-corrected chi connectivity index (χ4v) is 4.77. The lowest BCUT2D eigenvalue weighted by atomic mass is 9.93. The van der Waals surface area contributed by atoms with Crippen molar-refractivity contribution in [2.45, 2.75) is 43.8 Å². The summed E-state index contributed by atoms with van der Waals surface area (Å²) in [7, 11) is -3.75. The van der Waals surface area contributed by atoms with Crippen molar-refractivity contribution in [3.05, 3.63) is 102 Å². The van der Waals surface area contributed by atoms with Crippen LogP contribution < -0.4 is 15.8 Å². The molecule has 0 aliphatic carbocycles. The maximum absolute atomic E-state index is 13.3. The number of hydrogen-bond acceptors (Lipinski definition) is 4. The Morgan fingerprint density at radius 3 is 1.78 bits per heavy atom. The van der Waals surface area contributed by atoms with Gasteiger partial charge in [-0.1, -0.05) is 92.2 Å². The van der Waals surface area contributed by atoms with E-state index in [4.69, 9.17) is 5.73 Å². The third-order valence-corrected chi connectivity index (χ3v) is 7.15. The van der Waals surface area contributed by atoms with Crippen LogP contribution in [0.5, 0.6) is 0 Å². The fraction of sp³-hybridized carbons (Fsp3) is 0.308. The first-order valence-electron chi connectivity index (χ1n) is 11.0. The summed E-state index contributed by atoms with van der Waals surface area (Å²) in [6.45, 7) is 6.66. The molecule has 3 atom stereocenters. The van der Waals surface area contributed by atoms with E-state index < -0.39 is 16.1 Å². The molecule has 0 fully saturated rings. The standard InChI is InChI=1S/C26H33N3O2S/c1-19(2)24(27)18-28-25(21-10-6-4-7-11-21)26(22-12-8-5-9-13-22)29-32(30,31)23-16-14-20(3)15-17-23/h4-17,19,24-26,28-29H,18,27H2,1-3H3/t24-,25-,26-/m1/s1. The van der Waals surface area contributed by atoms with Crippen molar-refractivity contribution < 1.29 is 8.42 Å². The van der Waals surface area contributed by atoms with Crippen LogP contribution in [0.3, 0.4) is 0 Å². The van der Waals surface area contributed by atoms with E-state index >= 15 is 0 Å². The summed E-state index contributed by atoms with van der Waals surface area (Å²) >= 11 is 0. The number of rotatable bonds is 10. The lowest BCUT2D eigenvalue weighted by Crippen LogP contribution is -2.44. The first kappa shape index (κ1) is 24.1. The maximum Gasteiger partial charge on any atom is 0.241 e. The van der Waals surface area contributed by atoms with Crippen LogP contribution in [0.15, 0.2) is 89.8 Å². The Balaban J connectivity index is 2.01. The Labute approximate surface area is 192 Å². The fourth-order valence-electron chi connectivity index (χ4n) is 3.53. The van der Waals surface area contributed by atoms with Gasteiger partial charge in [0.1, 0.15) is 0 Å². The zero-order chi connectivity index (χ0) is 23.1. The zero-order valence-electron chi connectivity index (χ0n) is 18.9. The molecule has 0 aliphatic heterocycles. The molecule has 0 heterocycles. The van der Waals surface area contributed by atoms with E-state index in [9.17, 15) is 8.42 Å². The quantitative estimate of drug-likeness (QED) is 0.428. The molecular weight excluding hydrogens is 418 g/mol. The van der Waals surface area contributed by atoms with Gasteiger partial charge in [-0.25, -0.2) is 13.1 Å².